The number of hydrogen-bond donors (Lipinski definition) is 0. The summed E-state index contributed by atoms with van der Waals surface area (Å²) in [6.07, 6.45) is 2.87. The first-order valence-electron chi connectivity index (χ1n) is 10.7. The molecular weight excluding hydrogens is 393 g/mol. The lowest BCUT2D eigenvalue weighted by atomic mass is 9.78. The average molecular weight is 420 g/mol. The van der Waals surface area contributed by atoms with Crippen molar-refractivity contribution in [3.8, 4) is 0 Å². The van der Waals surface area contributed by atoms with Gasteiger partial charge in [-0.05, 0) is 57.1 Å². The third kappa shape index (κ3) is 3.99. The lowest BCUT2D eigenvalue weighted by molar-refractivity contribution is -0.139. The molecule has 0 N–H and O–H groups in total. The molecule has 1 saturated carbocycles. The molecular formula is C22H27F3N4O. The molecule has 8 heteroatoms. The first-order chi connectivity index (χ1) is 14.3. The van der Waals surface area contributed by atoms with Crippen LogP contribution >= 0.6 is 0 Å². The number of nitrogens with zero attached hydrogens (tertiary/aromatic N) is 4. The lowest BCUT2D eigenvalue weighted by Crippen LogP contribution is -2.50. The standard InChI is InChI=1S/C22H27F3N4O/c1-26-13-16-3-6-18(7-4-16)29-12-10-21(20(29)30)9-2-11-28(15-21)19-8-5-17(14-27-19)22(23,24)25/h5,8,14,16,18H,2-4,6-7,9-13,15H2. The number of hydrogen-bond acceptors (Lipinski definition) is 3. The molecule has 1 aromatic rings. The number of piperidine rings is 1. The Kier molecular flexibility index (Phi) is 5.65. The van der Waals surface area contributed by atoms with E-state index in [1.807, 2.05) is 4.90 Å². The van der Waals surface area contributed by atoms with E-state index in [1.54, 1.807) is 0 Å². The van der Waals surface area contributed by atoms with E-state index in [1.165, 1.54) is 6.07 Å². The second-order valence-electron chi connectivity index (χ2n) is 8.97. The third-order valence-electron chi connectivity index (χ3n) is 7.13. The molecule has 0 bridgehead atoms. The Morgan fingerprint density at radius 2 is 1.93 bits per heavy atom. The van der Waals surface area contributed by atoms with Crippen molar-refractivity contribution < 1.29 is 18.0 Å². The van der Waals surface area contributed by atoms with Crippen LogP contribution in [0.5, 0.6) is 0 Å². The number of aromatic nitrogens is 1. The van der Waals surface area contributed by atoms with Crippen LogP contribution < -0.4 is 4.90 Å². The van der Waals surface area contributed by atoms with Crippen molar-refractivity contribution in [2.24, 2.45) is 11.3 Å². The molecule has 5 nitrogen and oxygen atoms in total. The van der Waals surface area contributed by atoms with Crippen LogP contribution in [-0.2, 0) is 11.0 Å². The Morgan fingerprint density at radius 3 is 2.57 bits per heavy atom. The summed E-state index contributed by atoms with van der Waals surface area (Å²) < 4.78 is 38.5. The molecule has 2 saturated heterocycles. The van der Waals surface area contributed by atoms with Gasteiger partial charge in [-0.3, -0.25) is 4.79 Å². The highest BCUT2D eigenvalue weighted by Crippen LogP contribution is 2.43. The number of carbonyl (C=O) groups excluding carboxylic acids is 1. The summed E-state index contributed by atoms with van der Waals surface area (Å²) in [5.74, 6) is 1.17. The summed E-state index contributed by atoms with van der Waals surface area (Å²) in [7, 11) is 0. The van der Waals surface area contributed by atoms with E-state index < -0.39 is 17.2 Å². The predicted octanol–water partition coefficient (Wildman–Crippen LogP) is 4.40. The summed E-state index contributed by atoms with van der Waals surface area (Å²) >= 11 is 0. The topological polar surface area (TPSA) is 40.8 Å². The van der Waals surface area contributed by atoms with E-state index in [0.29, 0.717) is 31.4 Å². The highest BCUT2D eigenvalue weighted by atomic mass is 19.4. The van der Waals surface area contributed by atoms with Gasteiger partial charge in [-0.1, -0.05) is 0 Å². The van der Waals surface area contributed by atoms with Gasteiger partial charge in [0.05, 0.1) is 11.0 Å². The van der Waals surface area contributed by atoms with Crippen LogP contribution in [0.15, 0.2) is 18.3 Å². The minimum absolute atomic E-state index is 0.202. The summed E-state index contributed by atoms with van der Waals surface area (Å²) in [4.78, 5) is 25.0. The van der Waals surface area contributed by atoms with Crippen LogP contribution in [-0.4, -0.2) is 48.0 Å². The molecule has 4 rings (SSSR count). The fourth-order valence-corrected chi connectivity index (χ4v) is 5.41. The monoisotopic (exact) mass is 420 g/mol. The molecule has 1 amide bonds. The van der Waals surface area contributed by atoms with Crippen LogP contribution in [0.1, 0.15) is 50.5 Å². The van der Waals surface area contributed by atoms with Crippen molar-refractivity contribution in [1.29, 1.82) is 0 Å². The van der Waals surface area contributed by atoms with Crippen molar-refractivity contribution in [3.05, 3.63) is 35.3 Å². The van der Waals surface area contributed by atoms with E-state index in [2.05, 4.69) is 14.7 Å². The van der Waals surface area contributed by atoms with Gasteiger partial charge >= 0.3 is 6.18 Å². The Bertz CT molecular complexity index is 811. The van der Waals surface area contributed by atoms with Gasteiger partial charge in [0, 0.05) is 37.8 Å². The average Bonchev–Trinajstić information content (AvgIpc) is 3.04. The van der Waals surface area contributed by atoms with E-state index in [0.717, 1.165) is 63.8 Å². The summed E-state index contributed by atoms with van der Waals surface area (Å²) in [6.45, 7) is 9.61. The van der Waals surface area contributed by atoms with Crippen molar-refractivity contribution in [3.63, 3.8) is 0 Å². The predicted molar refractivity (Wildman–Crippen MR) is 107 cm³/mol. The van der Waals surface area contributed by atoms with Crippen molar-refractivity contribution in [2.75, 3.05) is 31.1 Å². The quantitative estimate of drug-likeness (QED) is 0.681. The molecule has 3 fully saturated rings. The number of rotatable bonds is 3. The van der Waals surface area contributed by atoms with Gasteiger partial charge < -0.3 is 14.6 Å². The van der Waals surface area contributed by atoms with E-state index in [-0.39, 0.29) is 11.9 Å². The maximum absolute atomic E-state index is 13.4. The number of alkyl halides is 3. The molecule has 2 aliphatic heterocycles. The Morgan fingerprint density at radius 1 is 1.17 bits per heavy atom. The second-order valence-corrected chi connectivity index (χ2v) is 8.97. The maximum Gasteiger partial charge on any atom is 0.417 e. The Balaban J connectivity index is 1.42. The van der Waals surface area contributed by atoms with E-state index >= 15 is 0 Å². The first kappa shape index (κ1) is 21.0. The summed E-state index contributed by atoms with van der Waals surface area (Å²) in [5.41, 5.74) is -1.20. The molecule has 1 unspecified atom stereocenters. The van der Waals surface area contributed by atoms with Crippen LogP contribution in [0.25, 0.3) is 4.85 Å². The molecule has 0 radical (unpaired) electrons. The Hall–Kier alpha value is -2.30. The molecule has 1 spiro atoms. The molecule has 1 aliphatic carbocycles. The fraction of sp³-hybridized carbons (Fsp3) is 0.682. The molecule has 30 heavy (non-hydrogen) atoms. The van der Waals surface area contributed by atoms with Crippen molar-refractivity contribution >= 4 is 11.7 Å². The molecule has 1 atom stereocenters. The number of likely N-dealkylation sites (tertiary alicyclic amines) is 1. The summed E-state index contributed by atoms with van der Waals surface area (Å²) in [5, 5.41) is 0. The van der Waals surface area contributed by atoms with E-state index in [4.69, 9.17) is 6.57 Å². The summed E-state index contributed by atoms with van der Waals surface area (Å²) in [6, 6.07) is 2.74. The van der Waals surface area contributed by atoms with Crippen LogP contribution in [0.3, 0.4) is 0 Å². The van der Waals surface area contributed by atoms with Crippen molar-refractivity contribution in [1.82, 2.24) is 9.88 Å². The van der Waals surface area contributed by atoms with Gasteiger partial charge in [0.15, 0.2) is 0 Å². The third-order valence-corrected chi connectivity index (χ3v) is 7.13. The highest BCUT2D eigenvalue weighted by molar-refractivity contribution is 5.86. The molecule has 1 aromatic heterocycles. The Labute approximate surface area is 175 Å². The van der Waals surface area contributed by atoms with Gasteiger partial charge in [-0.2, -0.15) is 13.2 Å². The SMILES string of the molecule is [C-]#[N+]CC1CCC(N2CCC3(CCCN(c4ccc(C(F)(F)F)cn4)C3)C2=O)CC1. The molecule has 162 valence electrons. The van der Waals surface area contributed by atoms with Crippen LogP contribution in [0, 0.1) is 17.9 Å². The zero-order valence-corrected chi connectivity index (χ0v) is 17.0. The smallest absolute Gasteiger partial charge is 0.356 e. The van der Waals surface area contributed by atoms with Gasteiger partial charge in [0.2, 0.25) is 12.5 Å². The largest absolute Gasteiger partial charge is 0.417 e. The number of anilines is 1. The number of carbonyl (C=O) groups is 1. The highest BCUT2D eigenvalue weighted by Gasteiger charge is 2.51. The molecule has 3 aliphatic rings. The van der Waals surface area contributed by atoms with Gasteiger partial charge in [0.25, 0.3) is 0 Å². The second kappa shape index (κ2) is 8.09. The van der Waals surface area contributed by atoms with Gasteiger partial charge in [-0.25, -0.2) is 11.6 Å². The minimum atomic E-state index is -4.40. The zero-order chi connectivity index (χ0) is 21.4. The molecule has 3 heterocycles. The molecule has 0 aromatic carbocycles. The van der Waals surface area contributed by atoms with Crippen LogP contribution in [0.2, 0.25) is 0 Å². The number of amides is 1. The van der Waals surface area contributed by atoms with Crippen LogP contribution in [0.4, 0.5) is 19.0 Å². The van der Waals surface area contributed by atoms with Gasteiger partial charge in [0.1, 0.15) is 5.82 Å². The van der Waals surface area contributed by atoms with Crippen molar-refractivity contribution in [2.45, 2.75) is 57.2 Å². The normalized spacial score (nSPS) is 30.0. The lowest BCUT2D eigenvalue weighted by Gasteiger charge is -2.41. The fourth-order valence-electron chi connectivity index (χ4n) is 5.41. The first-order valence-corrected chi connectivity index (χ1v) is 10.7. The van der Waals surface area contributed by atoms with E-state index in [9.17, 15) is 18.0 Å². The minimum Gasteiger partial charge on any atom is -0.356 e. The number of pyridine rings is 1. The maximum atomic E-state index is 13.4. The van der Waals surface area contributed by atoms with Gasteiger partial charge in [-0.15, -0.1) is 0 Å². The zero-order valence-electron chi connectivity index (χ0n) is 17.0. The number of halogens is 3.